The van der Waals surface area contributed by atoms with E-state index in [-0.39, 0.29) is 0 Å². The van der Waals surface area contributed by atoms with Gasteiger partial charge >= 0.3 is 23.9 Å². The van der Waals surface area contributed by atoms with Crippen LogP contribution in [0.5, 0.6) is 0 Å². The summed E-state index contributed by atoms with van der Waals surface area (Å²) in [7, 11) is 0. The van der Waals surface area contributed by atoms with Crippen molar-refractivity contribution in [3.05, 3.63) is 0 Å². The van der Waals surface area contributed by atoms with Crippen molar-refractivity contribution in [1.29, 1.82) is 0 Å². The van der Waals surface area contributed by atoms with Crippen LogP contribution in [-0.4, -0.2) is 56.4 Å². The first-order valence-electron chi connectivity index (χ1n) is 5.44. The smallest absolute Gasteiger partial charge is 0.309 e. The lowest BCUT2D eigenvalue weighted by atomic mass is 9.68. The van der Waals surface area contributed by atoms with Crippen LogP contribution in [0.1, 0.15) is 0 Å². The van der Waals surface area contributed by atoms with Gasteiger partial charge in [-0.1, -0.05) is 0 Å². The molecule has 2 rings (SSSR count). The number of carbonyl (C=O) groups is 4. The zero-order valence-corrected chi connectivity index (χ0v) is 9.39. The Bertz CT molecular complexity index is 392. The Morgan fingerprint density at radius 3 is 0.947 bits per heavy atom. The van der Waals surface area contributed by atoms with Gasteiger partial charge in [0.05, 0.1) is 23.7 Å². The van der Waals surface area contributed by atoms with Crippen LogP contribution in [0.3, 0.4) is 0 Å². The molecule has 0 aliphatic carbocycles. The average molecular weight is 273 g/mol. The van der Waals surface area contributed by atoms with Gasteiger partial charge in [0.25, 0.3) is 0 Å². The number of aliphatic carboxylic acids is 4. The van der Waals surface area contributed by atoms with Gasteiger partial charge < -0.3 is 25.7 Å². The van der Waals surface area contributed by atoms with Crippen molar-refractivity contribution in [3.8, 4) is 0 Å². The summed E-state index contributed by atoms with van der Waals surface area (Å²) in [6.07, 6.45) is 0. The minimum absolute atomic E-state index is 1.19. The SMILES string of the molecule is O=C(O)C1C2NC(C1C(=O)O)C(C(=O)O)C2C(=O)O. The monoisotopic (exact) mass is 273 g/mol. The predicted octanol–water partition coefficient (Wildman–Crippen LogP) is -1.86. The average Bonchev–Trinajstić information content (AvgIpc) is 2.81. The maximum absolute atomic E-state index is 11.1. The highest BCUT2D eigenvalue weighted by atomic mass is 16.4. The van der Waals surface area contributed by atoms with Crippen molar-refractivity contribution >= 4 is 23.9 Å². The fourth-order valence-electron chi connectivity index (χ4n) is 3.21. The molecule has 2 aliphatic heterocycles. The molecule has 9 nitrogen and oxygen atoms in total. The van der Waals surface area contributed by atoms with E-state index in [1.54, 1.807) is 0 Å². The van der Waals surface area contributed by atoms with Crippen LogP contribution in [0.25, 0.3) is 0 Å². The zero-order valence-electron chi connectivity index (χ0n) is 9.39. The fraction of sp³-hybridized carbons (Fsp3) is 0.600. The normalized spacial score (nSPS) is 40.0. The third-order valence-electron chi connectivity index (χ3n) is 3.85. The minimum atomic E-state index is -1.45. The Balaban J connectivity index is 2.45. The van der Waals surface area contributed by atoms with E-state index in [9.17, 15) is 19.2 Å². The molecule has 9 heteroatoms. The summed E-state index contributed by atoms with van der Waals surface area (Å²) in [5, 5.41) is 38.7. The number of carboxylic acid groups (broad SMARTS) is 4. The van der Waals surface area contributed by atoms with Crippen LogP contribution >= 0.6 is 0 Å². The second-order valence-electron chi connectivity index (χ2n) is 4.67. The molecule has 2 heterocycles. The zero-order chi connectivity index (χ0) is 14.5. The van der Waals surface area contributed by atoms with E-state index in [0.29, 0.717) is 0 Å². The maximum atomic E-state index is 11.1. The second kappa shape index (κ2) is 4.19. The molecule has 2 aliphatic rings. The van der Waals surface area contributed by atoms with E-state index in [1.165, 1.54) is 0 Å². The fourth-order valence-corrected chi connectivity index (χ4v) is 3.21. The highest BCUT2D eigenvalue weighted by Gasteiger charge is 2.66. The van der Waals surface area contributed by atoms with Crippen LogP contribution in [0, 0.1) is 23.7 Å². The summed E-state index contributed by atoms with van der Waals surface area (Å²) in [5.41, 5.74) is 0. The molecule has 104 valence electrons. The Kier molecular flexibility index (Phi) is 2.93. The van der Waals surface area contributed by atoms with E-state index in [0.717, 1.165) is 0 Å². The van der Waals surface area contributed by atoms with Gasteiger partial charge in [-0.15, -0.1) is 0 Å². The van der Waals surface area contributed by atoms with Crippen molar-refractivity contribution in [1.82, 2.24) is 5.32 Å². The molecule has 0 aromatic heterocycles. The molecule has 0 amide bonds. The summed E-state index contributed by atoms with van der Waals surface area (Å²) in [6, 6.07) is -2.38. The predicted molar refractivity (Wildman–Crippen MR) is 55.2 cm³/mol. The summed E-state index contributed by atoms with van der Waals surface area (Å²) >= 11 is 0. The van der Waals surface area contributed by atoms with Crippen molar-refractivity contribution in [2.75, 3.05) is 0 Å². The maximum Gasteiger partial charge on any atom is 0.309 e. The number of hydrogen-bond donors (Lipinski definition) is 5. The van der Waals surface area contributed by atoms with E-state index < -0.39 is 59.6 Å². The third-order valence-corrected chi connectivity index (χ3v) is 3.85. The van der Waals surface area contributed by atoms with Gasteiger partial charge in [-0.05, 0) is 0 Å². The van der Waals surface area contributed by atoms with Gasteiger partial charge in [0, 0.05) is 12.1 Å². The first-order valence-corrected chi connectivity index (χ1v) is 5.44. The molecule has 4 atom stereocenters. The van der Waals surface area contributed by atoms with Crippen molar-refractivity contribution in [2.24, 2.45) is 23.7 Å². The molecule has 0 saturated carbocycles. The Labute approximate surface area is 105 Å². The molecule has 2 saturated heterocycles. The molecule has 2 bridgehead atoms. The Morgan fingerprint density at radius 2 is 0.789 bits per heavy atom. The lowest BCUT2D eigenvalue weighted by Gasteiger charge is -2.31. The molecule has 0 aromatic rings. The van der Waals surface area contributed by atoms with Gasteiger partial charge in [0.15, 0.2) is 0 Å². The topological polar surface area (TPSA) is 161 Å². The number of carboxylic acids is 4. The van der Waals surface area contributed by atoms with Crippen LogP contribution in [0.4, 0.5) is 0 Å². The van der Waals surface area contributed by atoms with Gasteiger partial charge in [0.2, 0.25) is 0 Å². The first-order chi connectivity index (χ1) is 8.77. The van der Waals surface area contributed by atoms with Gasteiger partial charge in [0.1, 0.15) is 0 Å². The summed E-state index contributed by atoms with van der Waals surface area (Å²) in [6.45, 7) is 0. The first kappa shape index (κ1) is 13.3. The molecule has 4 unspecified atom stereocenters. The standard InChI is InChI=1S/C10H11NO8/c12-7(13)1-2(8(14)15)6-4(10(18)19)3(9(16)17)5(1)11-6/h1-6,11H,(H,12,13)(H,14,15)(H,16,17)(H,18,19). The van der Waals surface area contributed by atoms with Crippen molar-refractivity contribution in [2.45, 2.75) is 12.1 Å². The Morgan fingerprint density at radius 1 is 0.579 bits per heavy atom. The van der Waals surface area contributed by atoms with E-state index >= 15 is 0 Å². The van der Waals surface area contributed by atoms with Crippen LogP contribution in [0.15, 0.2) is 0 Å². The molecule has 19 heavy (non-hydrogen) atoms. The Hall–Kier alpha value is -2.16. The molecule has 0 spiro atoms. The number of nitrogens with one attached hydrogen (secondary N) is 1. The van der Waals surface area contributed by atoms with E-state index in [1.807, 2.05) is 0 Å². The largest absolute Gasteiger partial charge is 0.481 e. The molecular formula is C10H11NO8. The summed E-state index contributed by atoms with van der Waals surface area (Å²) in [5.74, 6) is -11.5. The van der Waals surface area contributed by atoms with Crippen LogP contribution < -0.4 is 5.32 Å². The molecule has 2 fully saturated rings. The molecular weight excluding hydrogens is 262 g/mol. The summed E-state index contributed by atoms with van der Waals surface area (Å²) in [4.78, 5) is 44.4. The van der Waals surface area contributed by atoms with Gasteiger partial charge in [-0.2, -0.15) is 0 Å². The van der Waals surface area contributed by atoms with Crippen molar-refractivity contribution < 1.29 is 39.6 Å². The highest BCUT2D eigenvalue weighted by molar-refractivity contribution is 5.89. The summed E-state index contributed by atoms with van der Waals surface area (Å²) < 4.78 is 0. The van der Waals surface area contributed by atoms with Gasteiger partial charge in [-0.25, -0.2) is 0 Å². The molecule has 5 N–H and O–H groups in total. The number of rotatable bonds is 4. The van der Waals surface area contributed by atoms with Crippen molar-refractivity contribution in [3.63, 3.8) is 0 Å². The third kappa shape index (κ3) is 1.73. The number of hydrogen-bond acceptors (Lipinski definition) is 5. The van der Waals surface area contributed by atoms with Gasteiger partial charge in [-0.3, -0.25) is 19.2 Å². The van der Waals surface area contributed by atoms with E-state index in [4.69, 9.17) is 20.4 Å². The van der Waals surface area contributed by atoms with Crippen LogP contribution in [0.2, 0.25) is 0 Å². The highest BCUT2D eigenvalue weighted by Crippen LogP contribution is 2.46. The second-order valence-corrected chi connectivity index (χ2v) is 4.67. The van der Waals surface area contributed by atoms with E-state index in [2.05, 4.69) is 5.32 Å². The molecule has 0 aromatic carbocycles. The quantitative estimate of drug-likeness (QED) is 0.395. The molecule has 0 radical (unpaired) electrons. The van der Waals surface area contributed by atoms with Crippen LogP contribution in [-0.2, 0) is 19.2 Å². The lowest BCUT2D eigenvalue weighted by Crippen LogP contribution is -2.51. The number of fused-ring (bicyclic) bond motifs is 2. The minimum Gasteiger partial charge on any atom is -0.481 e. The lowest BCUT2D eigenvalue weighted by molar-refractivity contribution is -0.164.